The van der Waals surface area contributed by atoms with Crippen LogP contribution in [-0.2, 0) is 31.0 Å². The fraction of sp³-hybridized carbons (Fsp3) is 0.577. The number of Topliss-reactive ketones (excluding diaryl/α,β-unsaturated/α-hetero) is 4. The summed E-state index contributed by atoms with van der Waals surface area (Å²) in [6.45, 7) is 7.53. The van der Waals surface area contributed by atoms with Gasteiger partial charge in [-0.3, -0.25) is 28.9 Å². The van der Waals surface area contributed by atoms with E-state index in [1.165, 1.54) is 4.90 Å². The third-order valence-electron chi connectivity index (χ3n) is 8.09. The van der Waals surface area contributed by atoms with Gasteiger partial charge in [-0.05, 0) is 56.3 Å². The van der Waals surface area contributed by atoms with Crippen molar-refractivity contribution in [3.63, 3.8) is 0 Å². The number of aliphatic hydroxyl groups is 1. The summed E-state index contributed by atoms with van der Waals surface area (Å²) in [6, 6.07) is 0.741. The Kier molecular flexibility index (Phi) is 5.61. The van der Waals surface area contributed by atoms with Gasteiger partial charge < -0.3 is 15.9 Å². The van der Waals surface area contributed by atoms with Gasteiger partial charge in [-0.25, -0.2) is 0 Å². The lowest BCUT2D eigenvalue weighted by Gasteiger charge is -2.52. The largest absolute Gasteiger partial charge is 0.507 e. The number of carbonyl (C=O) groups excluding carboxylic acids is 5. The molecule has 4 N–H and O–H groups in total. The summed E-state index contributed by atoms with van der Waals surface area (Å²) < 4.78 is 0. The van der Waals surface area contributed by atoms with Gasteiger partial charge in [-0.2, -0.15) is 0 Å². The quantitative estimate of drug-likeness (QED) is 0.512. The Labute approximate surface area is 203 Å². The summed E-state index contributed by atoms with van der Waals surface area (Å²) in [5.74, 6) is -10.2. The van der Waals surface area contributed by atoms with Crippen molar-refractivity contribution in [1.82, 2.24) is 4.90 Å². The number of aromatic hydroxyl groups is 1. The van der Waals surface area contributed by atoms with E-state index >= 15 is 0 Å². The van der Waals surface area contributed by atoms with Gasteiger partial charge in [0, 0.05) is 11.5 Å². The third kappa shape index (κ3) is 3.31. The normalized spacial score (nSPS) is 32.9. The van der Waals surface area contributed by atoms with E-state index in [-0.39, 0.29) is 24.2 Å². The molecule has 9 nitrogen and oxygen atoms in total. The molecule has 3 aliphatic carbocycles. The number of nitrogens with two attached hydrogens (primary N) is 1. The first-order valence-corrected chi connectivity index (χ1v) is 11.8. The van der Waals surface area contributed by atoms with Gasteiger partial charge in [0.2, 0.25) is 5.91 Å². The Bertz CT molecular complexity index is 1200. The lowest BCUT2D eigenvalue weighted by Crippen LogP contribution is -2.74. The minimum absolute atomic E-state index is 0.0431. The fourth-order valence-electron chi connectivity index (χ4n) is 6.43. The molecular weight excluding hydrogens is 452 g/mol. The zero-order chi connectivity index (χ0) is 26.4. The van der Waals surface area contributed by atoms with Crippen molar-refractivity contribution in [2.75, 3.05) is 14.1 Å². The molecule has 0 bridgehead atoms. The van der Waals surface area contributed by atoms with Gasteiger partial charge in [-0.1, -0.05) is 26.8 Å². The number of benzene rings is 1. The molecule has 1 amide bonds. The summed E-state index contributed by atoms with van der Waals surface area (Å²) in [4.78, 5) is 67.4. The predicted molar refractivity (Wildman–Crippen MR) is 125 cm³/mol. The first-order chi connectivity index (χ1) is 16.0. The minimum Gasteiger partial charge on any atom is -0.507 e. The molecule has 6 atom stereocenters. The van der Waals surface area contributed by atoms with Gasteiger partial charge in [0.15, 0.2) is 34.7 Å². The number of phenolic OH excluding ortho intramolecular Hbond substituents is 1. The average Bonchev–Trinajstić information content (AvgIpc) is 2.71. The van der Waals surface area contributed by atoms with E-state index in [2.05, 4.69) is 0 Å². The average molecular weight is 485 g/mol. The lowest BCUT2D eigenvalue weighted by molar-refractivity contribution is -0.181. The second kappa shape index (κ2) is 7.80. The number of hydrogen-bond donors (Lipinski definition) is 3. The van der Waals surface area contributed by atoms with Gasteiger partial charge in [0.25, 0.3) is 0 Å². The summed E-state index contributed by atoms with van der Waals surface area (Å²) in [7, 11) is 3.12. The Morgan fingerprint density at radius 1 is 1.14 bits per heavy atom. The van der Waals surface area contributed by atoms with E-state index in [0.717, 1.165) is 5.56 Å². The molecule has 3 aliphatic rings. The SMILES string of the molecule is Cc1cc(C(C)(C)C)c(O)c2c1C[C@H]1C[C@H]3[C@H](N(C)C)C(=O)C(C(N)=O)C(=O)[C@@]3(O)C(=O)C1C2=O. The van der Waals surface area contributed by atoms with E-state index < -0.39 is 69.8 Å². The van der Waals surface area contributed by atoms with Crippen LogP contribution in [0.3, 0.4) is 0 Å². The molecule has 0 spiro atoms. The highest BCUT2D eigenvalue weighted by atomic mass is 16.3. The van der Waals surface area contributed by atoms with Crippen LogP contribution in [0.2, 0.25) is 0 Å². The Morgan fingerprint density at radius 3 is 2.26 bits per heavy atom. The second-order valence-electron chi connectivity index (χ2n) is 11.5. The van der Waals surface area contributed by atoms with Gasteiger partial charge >= 0.3 is 0 Å². The number of primary amides is 1. The molecule has 1 aromatic carbocycles. The number of amides is 1. The van der Waals surface area contributed by atoms with Gasteiger partial charge in [-0.15, -0.1) is 0 Å². The molecular formula is C26H32N2O7. The predicted octanol–water partition coefficient (Wildman–Crippen LogP) is 0.473. The molecule has 0 aliphatic heterocycles. The smallest absolute Gasteiger partial charge is 0.235 e. The Hall–Kier alpha value is -2.91. The van der Waals surface area contributed by atoms with Crippen LogP contribution in [0.25, 0.3) is 0 Å². The molecule has 188 valence electrons. The number of likely N-dealkylation sites (N-methyl/N-ethyl adjacent to an activating group) is 1. The molecule has 2 unspecified atom stereocenters. The summed E-state index contributed by atoms with van der Waals surface area (Å²) in [5, 5.41) is 22.7. The fourth-order valence-corrected chi connectivity index (χ4v) is 6.43. The summed E-state index contributed by atoms with van der Waals surface area (Å²) in [6.07, 6.45) is 0.320. The minimum atomic E-state index is -2.71. The molecule has 0 aromatic heterocycles. The first-order valence-electron chi connectivity index (χ1n) is 11.8. The number of hydrogen-bond acceptors (Lipinski definition) is 8. The molecule has 9 heteroatoms. The van der Waals surface area contributed by atoms with Crippen molar-refractivity contribution in [3.05, 3.63) is 28.3 Å². The standard InChI is InChI=1S/C26H32N2O7/c1-10-7-14(25(2,3)4)19(29)16-12(10)8-11-9-13-18(28(5)6)21(31)17(24(27)34)23(33)26(13,35)22(32)15(11)20(16)30/h7,11,13,15,17-18,29,35H,8-9H2,1-6H3,(H2,27,34)/t11-,13-,15?,17?,18-,26-/m0/s1. The number of aryl methyl sites for hydroxylation is 1. The maximum atomic E-state index is 13.8. The molecule has 0 saturated heterocycles. The number of phenols is 1. The third-order valence-corrected chi connectivity index (χ3v) is 8.09. The molecule has 0 heterocycles. The van der Waals surface area contributed by atoms with E-state index in [0.29, 0.717) is 11.1 Å². The van der Waals surface area contributed by atoms with Crippen molar-refractivity contribution in [2.45, 2.75) is 57.6 Å². The van der Waals surface area contributed by atoms with E-state index in [1.807, 2.05) is 33.8 Å². The molecule has 0 radical (unpaired) electrons. The van der Waals surface area contributed by atoms with Crippen LogP contribution < -0.4 is 5.73 Å². The maximum Gasteiger partial charge on any atom is 0.235 e. The van der Waals surface area contributed by atoms with Gasteiger partial charge in [0.05, 0.1) is 17.5 Å². The summed E-state index contributed by atoms with van der Waals surface area (Å²) >= 11 is 0. The van der Waals surface area contributed by atoms with Crippen molar-refractivity contribution in [2.24, 2.45) is 29.4 Å². The number of fused-ring (bicyclic) bond motifs is 3. The molecule has 2 fully saturated rings. The van der Waals surface area contributed by atoms with Crippen LogP contribution in [0.4, 0.5) is 0 Å². The van der Waals surface area contributed by atoms with E-state index in [9.17, 15) is 34.2 Å². The Balaban J connectivity index is 1.90. The van der Waals surface area contributed by atoms with Crippen molar-refractivity contribution in [3.8, 4) is 5.75 Å². The van der Waals surface area contributed by atoms with Crippen molar-refractivity contribution in [1.29, 1.82) is 0 Å². The highest BCUT2D eigenvalue weighted by molar-refractivity contribution is 6.32. The van der Waals surface area contributed by atoms with Crippen LogP contribution >= 0.6 is 0 Å². The molecule has 4 rings (SSSR count). The highest BCUT2D eigenvalue weighted by Crippen LogP contribution is 2.52. The highest BCUT2D eigenvalue weighted by Gasteiger charge is 2.69. The summed E-state index contributed by atoms with van der Waals surface area (Å²) in [5.41, 5.74) is 4.18. The van der Waals surface area contributed by atoms with Crippen LogP contribution in [0.1, 0.15) is 54.2 Å². The number of ketones is 4. The molecule has 2 saturated carbocycles. The van der Waals surface area contributed by atoms with Gasteiger partial charge in [0.1, 0.15) is 5.75 Å². The van der Waals surface area contributed by atoms with Crippen LogP contribution in [0.15, 0.2) is 6.07 Å². The lowest BCUT2D eigenvalue weighted by atomic mass is 9.52. The monoisotopic (exact) mass is 484 g/mol. The number of rotatable bonds is 2. The zero-order valence-electron chi connectivity index (χ0n) is 20.8. The zero-order valence-corrected chi connectivity index (χ0v) is 20.8. The van der Waals surface area contributed by atoms with E-state index in [1.54, 1.807) is 14.1 Å². The first kappa shape index (κ1) is 25.2. The van der Waals surface area contributed by atoms with Crippen molar-refractivity contribution < 1.29 is 34.2 Å². The number of nitrogens with zero attached hydrogens (tertiary/aromatic N) is 1. The topological polar surface area (TPSA) is 155 Å². The maximum absolute atomic E-state index is 13.8. The second-order valence-corrected chi connectivity index (χ2v) is 11.5. The van der Waals surface area contributed by atoms with Crippen molar-refractivity contribution >= 4 is 29.0 Å². The van der Waals surface area contributed by atoms with Crippen LogP contribution in [-0.4, -0.2) is 69.9 Å². The van der Waals surface area contributed by atoms with E-state index in [4.69, 9.17) is 5.73 Å². The molecule has 35 heavy (non-hydrogen) atoms. The molecule has 1 aromatic rings. The number of carbonyl (C=O) groups is 5. The van der Waals surface area contributed by atoms with Crippen LogP contribution in [0, 0.1) is 30.6 Å². The van der Waals surface area contributed by atoms with Crippen LogP contribution in [0.5, 0.6) is 5.75 Å². The Morgan fingerprint density at radius 2 is 1.74 bits per heavy atom.